The Kier molecular flexibility index (Phi) is 6.75. The molecular weight excluding hydrogens is 388 g/mol. The maximum Gasteiger partial charge on any atom is 0.322 e. The number of para-hydroxylation sites is 2. The molecule has 1 aliphatic heterocycles. The van der Waals surface area contributed by atoms with Crippen LogP contribution < -0.4 is 15.5 Å². The lowest BCUT2D eigenvalue weighted by Gasteiger charge is -2.28. The number of amides is 3. The Balaban J connectivity index is 1.47. The number of urea groups is 1. The number of rotatable bonds is 6. The SMILES string of the molecule is CNC(=O)c1ccc(CN(C(=O)Nc2ccccc2N2CCCCCC2)C2CC2)cc1. The van der Waals surface area contributed by atoms with Crippen LogP contribution in [0.1, 0.15) is 54.4 Å². The molecule has 2 N–H and O–H groups in total. The number of hydrogen-bond acceptors (Lipinski definition) is 3. The van der Waals surface area contributed by atoms with Gasteiger partial charge in [0.05, 0.1) is 11.4 Å². The van der Waals surface area contributed by atoms with Crippen LogP contribution in [0.5, 0.6) is 0 Å². The first kappa shape index (κ1) is 21.2. The molecule has 2 aliphatic rings. The third kappa shape index (κ3) is 5.37. The zero-order valence-corrected chi connectivity index (χ0v) is 18.3. The van der Waals surface area contributed by atoms with Crippen LogP contribution in [-0.2, 0) is 6.54 Å². The summed E-state index contributed by atoms with van der Waals surface area (Å²) in [7, 11) is 1.62. The van der Waals surface area contributed by atoms with Crippen LogP contribution in [0.3, 0.4) is 0 Å². The van der Waals surface area contributed by atoms with Gasteiger partial charge in [-0.15, -0.1) is 0 Å². The molecule has 6 nitrogen and oxygen atoms in total. The van der Waals surface area contributed by atoms with E-state index in [-0.39, 0.29) is 18.0 Å². The highest BCUT2D eigenvalue weighted by molar-refractivity contribution is 5.94. The minimum absolute atomic E-state index is 0.0554. The molecule has 0 bridgehead atoms. The van der Waals surface area contributed by atoms with Crippen molar-refractivity contribution in [2.45, 2.75) is 51.1 Å². The van der Waals surface area contributed by atoms with Crippen molar-refractivity contribution in [1.82, 2.24) is 10.2 Å². The van der Waals surface area contributed by atoms with Crippen LogP contribution in [0.4, 0.5) is 16.2 Å². The van der Waals surface area contributed by atoms with E-state index in [9.17, 15) is 9.59 Å². The summed E-state index contributed by atoms with van der Waals surface area (Å²) in [4.78, 5) is 29.4. The van der Waals surface area contributed by atoms with E-state index in [4.69, 9.17) is 0 Å². The monoisotopic (exact) mass is 420 g/mol. The predicted octanol–water partition coefficient (Wildman–Crippen LogP) is 4.62. The summed E-state index contributed by atoms with van der Waals surface area (Å²) in [6, 6.07) is 15.8. The Morgan fingerprint density at radius 3 is 2.29 bits per heavy atom. The molecule has 2 aromatic carbocycles. The summed E-state index contributed by atoms with van der Waals surface area (Å²) in [5.41, 5.74) is 3.65. The zero-order chi connectivity index (χ0) is 21.6. The van der Waals surface area contributed by atoms with Crippen molar-refractivity contribution < 1.29 is 9.59 Å². The first-order chi connectivity index (χ1) is 15.2. The van der Waals surface area contributed by atoms with Gasteiger partial charge in [0.1, 0.15) is 0 Å². The molecule has 0 atom stereocenters. The highest BCUT2D eigenvalue weighted by atomic mass is 16.2. The molecule has 0 spiro atoms. The van der Waals surface area contributed by atoms with E-state index >= 15 is 0 Å². The quantitative estimate of drug-likeness (QED) is 0.717. The number of benzene rings is 2. The lowest BCUT2D eigenvalue weighted by Crippen LogP contribution is -2.37. The highest BCUT2D eigenvalue weighted by Gasteiger charge is 2.33. The molecule has 2 aromatic rings. The van der Waals surface area contributed by atoms with E-state index < -0.39 is 0 Å². The lowest BCUT2D eigenvalue weighted by molar-refractivity contribution is 0.0963. The lowest BCUT2D eigenvalue weighted by atomic mass is 10.1. The Hall–Kier alpha value is -3.02. The van der Waals surface area contributed by atoms with Crippen molar-refractivity contribution in [3.63, 3.8) is 0 Å². The summed E-state index contributed by atoms with van der Waals surface area (Å²) in [6.07, 6.45) is 7.03. The second kappa shape index (κ2) is 9.86. The van der Waals surface area contributed by atoms with Gasteiger partial charge in [-0.3, -0.25) is 4.79 Å². The van der Waals surface area contributed by atoms with Crippen LogP contribution >= 0.6 is 0 Å². The summed E-state index contributed by atoms with van der Waals surface area (Å²) in [6.45, 7) is 2.62. The maximum atomic E-state index is 13.3. The smallest absolute Gasteiger partial charge is 0.322 e. The van der Waals surface area contributed by atoms with Gasteiger partial charge in [0, 0.05) is 38.3 Å². The summed E-state index contributed by atoms with van der Waals surface area (Å²) in [5, 5.41) is 5.82. The molecule has 6 heteroatoms. The molecule has 164 valence electrons. The molecule has 3 amide bonds. The summed E-state index contributed by atoms with van der Waals surface area (Å²) < 4.78 is 0. The van der Waals surface area contributed by atoms with Crippen molar-refractivity contribution in [2.75, 3.05) is 30.4 Å². The number of carbonyl (C=O) groups is 2. The van der Waals surface area contributed by atoms with Crippen molar-refractivity contribution in [3.8, 4) is 0 Å². The van der Waals surface area contributed by atoms with Gasteiger partial charge in [0.25, 0.3) is 5.91 Å². The largest absolute Gasteiger partial charge is 0.370 e. The molecule has 1 saturated heterocycles. The molecular formula is C25H32N4O2. The summed E-state index contributed by atoms with van der Waals surface area (Å²) >= 11 is 0. The first-order valence-corrected chi connectivity index (χ1v) is 11.4. The van der Waals surface area contributed by atoms with Gasteiger partial charge < -0.3 is 20.4 Å². The second-order valence-corrected chi connectivity index (χ2v) is 8.48. The first-order valence-electron chi connectivity index (χ1n) is 11.4. The molecule has 1 heterocycles. The predicted molar refractivity (Wildman–Crippen MR) is 125 cm³/mol. The minimum Gasteiger partial charge on any atom is -0.370 e. The minimum atomic E-state index is -0.103. The average Bonchev–Trinajstić information content (AvgIpc) is 3.65. The molecule has 1 aliphatic carbocycles. The van der Waals surface area contributed by atoms with E-state index in [1.807, 2.05) is 47.4 Å². The fourth-order valence-corrected chi connectivity index (χ4v) is 4.21. The van der Waals surface area contributed by atoms with Crippen LogP contribution in [0.25, 0.3) is 0 Å². The van der Waals surface area contributed by atoms with Gasteiger partial charge >= 0.3 is 6.03 Å². The Morgan fingerprint density at radius 1 is 0.968 bits per heavy atom. The van der Waals surface area contributed by atoms with Crippen molar-refractivity contribution in [3.05, 3.63) is 59.7 Å². The number of nitrogens with zero attached hydrogens (tertiary/aromatic N) is 2. The molecule has 4 rings (SSSR count). The molecule has 2 fully saturated rings. The van der Waals surface area contributed by atoms with E-state index in [2.05, 4.69) is 21.6 Å². The third-order valence-corrected chi connectivity index (χ3v) is 6.14. The Labute approximate surface area is 184 Å². The van der Waals surface area contributed by atoms with E-state index in [1.54, 1.807) is 7.05 Å². The number of anilines is 2. The highest BCUT2D eigenvalue weighted by Crippen LogP contribution is 2.32. The maximum absolute atomic E-state index is 13.3. The van der Waals surface area contributed by atoms with Gasteiger partial charge in [0.2, 0.25) is 0 Å². The van der Waals surface area contributed by atoms with Crippen molar-refractivity contribution in [2.24, 2.45) is 0 Å². The molecule has 31 heavy (non-hydrogen) atoms. The average molecular weight is 421 g/mol. The topological polar surface area (TPSA) is 64.7 Å². The van der Waals surface area contributed by atoms with Gasteiger partial charge in [0.15, 0.2) is 0 Å². The number of hydrogen-bond donors (Lipinski definition) is 2. The zero-order valence-electron chi connectivity index (χ0n) is 18.3. The molecule has 0 aromatic heterocycles. The van der Waals surface area contributed by atoms with E-state index in [1.165, 1.54) is 25.7 Å². The van der Waals surface area contributed by atoms with Gasteiger partial charge in [-0.1, -0.05) is 37.1 Å². The molecule has 1 saturated carbocycles. The van der Waals surface area contributed by atoms with Gasteiger partial charge in [-0.25, -0.2) is 4.79 Å². The number of nitrogens with one attached hydrogen (secondary N) is 2. The van der Waals surface area contributed by atoms with Crippen LogP contribution in [0.2, 0.25) is 0 Å². The fraction of sp³-hybridized carbons (Fsp3) is 0.440. The third-order valence-electron chi connectivity index (χ3n) is 6.14. The van der Waals surface area contributed by atoms with Crippen molar-refractivity contribution >= 4 is 23.3 Å². The van der Waals surface area contributed by atoms with Gasteiger partial charge in [-0.05, 0) is 55.5 Å². The second-order valence-electron chi connectivity index (χ2n) is 8.48. The standard InChI is InChI=1S/C25H32N4O2/c1-26-24(30)20-12-10-19(11-13-20)18-29(21-14-15-21)25(31)27-22-8-4-5-9-23(22)28-16-6-2-3-7-17-28/h4-5,8-13,21H,2-3,6-7,14-18H2,1H3,(H,26,30)(H,27,31). The normalized spacial score (nSPS) is 16.4. The van der Waals surface area contributed by atoms with Crippen molar-refractivity contribution in [1.29, 1.82) is 0 Å². The molecule has 0 radical (unpaired) electrons. The summed E-state index contributed by atoms with van der Waals surface area (Å²) in [5.74, 6) is -0.103. The van der Waals surface area contributed by atoms with Gasteiger partial charge in [-0.2, -0.15) is 0 Å². The van der Waals surface area contributed by atoms with E-state index in [0.29, 0.717) is 12.1 Å². The Morgan fingerprint density at radius 2 is 1.65 bits per heavy atom. The van der Waals surface area contributed by atoms with Crippen LogP contribution in [-0.4, -0.2) is 43.0 Å². The fourth-order valence-electron chi connectivity index (χ4n) is 4.21. The molecule has 0 unspecified atom stereocenters. The number of carbonyl (C=O) groups excluding carboxylic acids is 2. The Bertz CT molecular complexity index is 900. The van der Waals surface area contributed by atoms with Crippen LogP contribution in [0.15, 0.2) is 48.5 Å². The van der Waals surface area contributed by atoms with E-state index in [0.717, 1.165) is 42.9 Å². The van der Waals surface area contributed by atoms with Crippen LogP contribution in [0, 0.1) is 0 Å².